The number of nitrogens with one attached hydrogen (secondary N) is 1. The van der Waals surface area contributed by atoms with Crippen LogP contribution in [0.25, 0.3) is 0 Å². The van der Waals surface area contributed by atoms with Crippen molar-refractivity contribution in [3.05, 3.63) is 5.01 Å². The summed E-state index contributed by atoms with van der Waals surface area (Å²) in [4.78, 5) is 4.48. The van der Waals surface area contributed by atoms with Crippen molar-refractivity contribution < 1.29 is 5.11 Å². The van der Waals surface area contributed by atoms with Gasteiger partial charge >= 0.3 is 0 Å². The third-order valence-corrected chi connectivity index (χ3v) is 4.28. The van der Waals surface area contributed by atoms with Crippen LogP contribution in [0.1, 0.15) is 24.8 Å². The first-order chi connectivity index (χ1) is 9.58. The van der Waals surface area contributed by atoms with Gasteiger partial charge in [0.1, 0.15) is 5.01 Å². The van der Waals surface area contributed by atoms with Gasteiger partial charge in [0, 0.05) is 25.7 Å². The summed E-state index contributed by atoms with van der Waals surface area (Å²) in [6.45, 7) is 5.54. The molecule has 2 N–H and O–H groups in total. The maximum absolute atomic E-state index is 9.88. The zero-order chi connectivity index (χ0) is 14.5. The quantitative estimate of drug-likeness (QED) is 0.778. The molecule has 0 radical (unpaired) electrons. The van der Waals surface area contributed by atoms with Crippen LogP contribution >= 0.6 is 11.3 Å². The number of likely N-dealkylation sites (N-methyl/N-ethyl adjacent to an activating group) is 1. The Morgan fingerprint density at radius 1 is 1.45 bits per heavy atom. The first kappa shape index (κ1) is 15.6. The largest absolute Gasteiger partial charge is 0.392 e. The highest BCUT2D eigenvalue weighted by molar-refractivity contribution is 7.15. The molecule has 6 nitrogen and oxygen atoms in total. The Bertz CT molecular complexity index is 411. The molecule has 0 saturated carbocycles. The molecule has 0 bridgehead atoms. The highest BCUT2D eigenvalue weighted by Gasteiger charge is 2.31. The predicted molar refractivity (Wildman–Crippen MR) is 82.1 cm³/mol. The number of nitrogens with zero attached hydrogens (tertiary/aromatic N) is 4. The van der Waals surface area contributed by atoms with Crippen molar-refractivity contribution >= 4 is 16.5 Å². The molecular weight excluding hydrogens is 274 g/mol. The summed E-state index contributed by atoms with van der Waals surface area (Å²) in [6, 6.07) is 0.399. The smallest absolute Gasteiger partial charge is 0.205 e. The second-order valence-corrected chi connectivity index (χ2v) is 6.72. The van der Waals surface area contributed by atoms with Crippen molar-refractivity contribution in [3.8, 4) is 0 Å². The lowest BCUT2D eigenvalue weighted by molar-refractivity contribution is 0.169. The van der Waals surface area contributed by atoms with E-state index < -0.39 is 0 Å². The Balaban J connectivity index is 1.91. The Morgan fingerprint density at radius 3 is 2.95 bits per heavy atom. The molecule has 1 fully saturated rings. The molecule has 1 aromatic rings. The topological polar surface area (TPSA) is 64.5 Å². The highest BCUT2D eigenvalue weighted by atomic mass is 32.1. The van der Waals surface area contributed by atoms with Gasteiger partial charge in [-0.1, -0.05) is 18.3 Å². The van der Waals surface area contributed by atoms with Crippen molar-refractivity contribution in [1.29, 1.82) is 0 Å². The maximum atomic E-state index is 9.88. The number of aliphatic hydroxyl groups excluding tert-OH is 1. The predicted octanol–water partition coefficient (Wildman–Crippen LogP) is 0.857. The Hall–Kier alpha value is -0.760. The first-order valence-electron chi connectivity index (χ1n) is 7.21. The number of rotatable bonds is 7. The van der Waals surface area contributed by atoms with E-state index >= 15 is 0 Å². The van der Waals surface area contributed by atoms with E-state index in [1.54, 1.807) is 11.3 Å². The second kappa shape index (κ2) is 7.31. The van der Waals surface area contributed by atoms with Crippen molar-refractivity contribution in [2.45, 2.75) is 38.5 Å². The fraction of sp³-hybridized carbons (Fsp3) is 0.846. The molecule has 7 heteroatoms. The van der Waals surface area contributed by atoms with E-state index in [1.807, 2.05) is 0 Å². The summed E-state index contributed by atoms with van der Waals surface area (Å²) in [5.74, 6) is 0. The third kappa shape index (κ3) is 4.37. The molecule has 0 aromatic carbocycles. The van der Waals surface area contributed by atoms with E-state index in [1.165, 1.54) is 0 Å². The molecule has 1 aliphatic rings. The minimum atomic E-state index is -0.217. The van der Waals surface area contributed by atoms with E-state index in [0.717, 1.165) is 49.2 Å². The van der Waals surface area contributed by atoms with Crippen LogP contribution in [0.4, 0.5) is 5.13 Å². The van der Waals surface area contributed by atoms with E-state index in [4.69, 9.17) is 0 Å². The average molecular weight is 299 g/mol. The first-order valence-corrected chi connectivity index (χ1v) is 8.03. The van der Waals surface area contributed by atoms with Crippen LogP contribution in [0.3, 0.4) is 0 Å². The van der Waals surface area contributed by atoms with Gasteiger partial charge in [0.2, 0.25) is 5.13 Å². The third-order valence-electron chi connectivity index (χ3n) is 3.41. The van der Waals surface area contributed by atoms with Gasteiger partial charge in [0.25, 0.3) is 0 Å². The molecule has 1 aromatic heterocycles. The van der Waals surface area contributed by atoms with Crippen LogP contribution < -0.4 is 5.32 Å². The average Bonchev–Trinajstić information content (AvgIpc) is 2.94. The Kier molecular flexibility index (Phi) is 5.71. The van der Waals surface area contributed by atoms with Crippen LogP contribution in [0, 0.1) is 0 Å². The van der Waals surface area contributed by atoms with Gasteiger partial charge in [-0.25, -0.2) is 0 Å². The molecular formula is C13H25N5OS. The Labute approximate surface area is 124 Å². The Morgan fingerprint density at radius 2 is 2.25 bits per heavy atom. The molecule has 0 aliphatic carbocycles. The van der Waals surface area contributed by atoms with E-state index in [2.05, 4.69) is 46.3 Å². The lowest BCUT2D eigenvalue weighted by Gasteiger charge is -2.25. The lowest BCUT2D eigenvalue weighted by atomic mass is 10.2. The summed E-state index contributed by atoms with van der Waals surface area (Å²) < 4.78 is 0. The highest BCUT2D eigenvalue weighted by Crippen LogP contribution is 2.23. The molecule has 0 spiro atoms. The minimum absolute atomic E-state index is 0.217. The minimum Gasteiger partial charge on any atom is -0.392 e. The maximum Gasteiger partial charge on any atom is 0.205 e. The summed E-state index contributed by atoms with van der Waals surface area (Å²) >= 11 is 1.61. The molecule has 1 saturated heterocycles. The number of aliphatic hydroxyl groups is 1. The van der Waals surface area contributed by atoms with Crippen molar-refractivity contribution in [1.82, 2.24) is 20.0 Å². The van der Waals surface area contributed by atoms with E-state index in [-0.39, 0.29) is 6.10 Å². The lowest BCUT2D eigenvalue weighted by Crippen LogP contribution is -2.37. The van der Waals surface area contributed by atoms with Gasteiger partial charge in [-0.15, -0.1) is 10.2 Å². The normalized spacial score (nSPS) is 23.6. The van der Waals surface area contributed by atoms with Crippen molar-refractivity contribution in [3.63, 3.8) is 0 Å². The van der Waals surface area contributed by atoms with E-state index in [0.29, 0.717) is 6.04 Å². The zero-order valence-electron chi connectivity index (χ0n) is 12.5. The number of aromatic nitrogens is 2. The molecule has 2 heterocycles. The van der Waals surface area contributed by atoms with Crippen LogP contribution in [0.5, 0.6) is 0 Å². The van der Waals surface area contributed by atoms with Crippen LogP contribution in [0.2, 0.25) is 0 Å². The molecule has 20 heavy (non-hydrogen) atoms. The number of hydrogen-bond acceptors (Lipinski definition) is 7. The van der Waals surface area contributed by atoms with E-state index in [9.17, 15) is 5.11 Å². The van der Waals surface area contributed by atoms with Crippen molar-refractivity contribution in [2.75, 3.05) is 39.0 Å². The van der Waals surface area contributed by atoms with Crippen molar-refractivity contribution in [2.24, 2.45) is 0 Å². The van der Waals surface area contributed by atoms with Gasteiger partial charge < -0.3 is 15.3 Å². The zero-order valence-corrected chi connectivity index (χ0v) is 13.4. The standard InChI is InChI=1S/C13H25N5OS/c1-4-5-14-13-16-15-12(20-13)9-18-8-11(19)6-10(18)7-17(2)3/h10-11,19H,4-9H2,1-3H3,(H,14,16). The molecule has 1 aliphatic heterocycles. The van der Waals surface area contributed by atoms with Gasteiger partial charge in [0.15, 0.2) is 0 Å². The molecule has 114 valence electrons. The molecule has 2 rings (SSSR count). The summed E-state index contributed by atoms with van der Waals surface area (Å²) in [7, 11) is 4.14. The number of anilines is 1. The summed E-state index contributed by atoms with van der Waals surface area (Å²) in [5.41, 5.74) is 0. The van der Waals surface area contributed by atoms with Crippen LogP contribution in [0.15, 0.2) is 0 Å². The number of hydrogen-bond donors (Lipinski definition) is 2. The summed E-state index contributed by atoms with van der Waals surface area (Å²) in [6.07, 6.45) is 1.71. The van der Waals surface area contributed by atoms with Gasteiger partial charge in [-0.3, -0.25) is 4.90 Å². The molecule has 2 atom stereocenters. The number of β-amino-alcohol motifs (C(OH)–C–C–N with tert-alkyl or cyclic N) is 1. The SMILES string of the molecule is CCCNc1nnc(CN2CC(O)CC2CN(C)C)s1. The van der Waals surface area contributed by atoms with Crippen LogP contribution in [-0.4, -0.2) is 71.0 Å². The fourth-order valence-corrected chi connectivity index (χ4v) is 3.35. The fourth-order valence-electron chi connectivity index (χ4n) is 2.56. The van der Waals surface area contributed by atoms with Gasteiger partial charge in [-0.2, -0.15) is 0 Å². The molecule has 0 amide bonds. The number of likely N-dealkylation sites (tertiary alicyclic amines) is 1. The summed E-state index contributed by atoms with van der Waals surface area (Å²) in [5, 5.41) is 23.4. The van der Waals surface area contributed by atoms with Gasteiger partial charge in [-0.05, 0) is 26.9 Å². The second-order valence-electron chi connectivity index (χ2n) is 5.66. The van der Waals surface area contributed by atoms with Gasteiger partial charge in [0.05, 0.1) is 12.6 Å². The monoisotopic (exact) mass is 299 g/mol. The van der Waals surface area contributed by atoms with Crippen LogP contribution in [-0.2, 0) is 6.54 Å². The molecule has 2 unspecified atom stereocenters.